The quantitative estimate of drug-likeness (QED) is 0.565. The van der Waals surface area contributed by atoms with Crippen LogP contribution in [-0.2, 0) is 4.79 Å². The molecule has 0 spiro atoms. The molecule has 0 aromatic heterocycles. The second-order valence-corrected chi connectivity index (χ2v) is 3.02. The molecule has 0 radical (unpaired) electrons. The van der Waals surface area contributed by atoms with Crippen molar-refractivity contribution >= 4 is 24.0 Å². The van der Waals surface area contributed by atoms with Crippen LogP contribution in [0.5, 0.6) is 0 Å². The molecule has 2 heterocycles. The van der Waals surface area contributed by atoms with Gasteiger partial charge in [-0.2, -0.15) is 0 Å². The molecule has 1 aromatic carbocycles. The van der Waals surface area contributed by atoms with Crippen LogP contribution in [0.15, 0.2) is 33.2 Å². The molecule has 0 N–H and O–H groups in total. The Morgan fingerprint density at radius 2 is 1.93 bits per heavy atom. The number of hydrogen-bond acceptors (Lipinski definition) is 3. The van der Waals surface area contributed by atoms with Gasteiger partial charge in [-0.25, -0.2) is 15.0 Å². The molecule has 2 aliphatic heterocycles. The summed E-state index contributed by atoms with van der Waals surface area (Å²) in [6, 6.07) is 3.60. The van der Waals surface area contributed by atoms with Crippen LogP contribution in [-0.4, -0.2) is 12.2 Å². The Hall–Kier alpha value is -2.10. The van der Waals surface area contributed by atoms with Crippen molar-refractivity contribution in [2.75, 3.05) is 0 Å². The summed E-state index contributed by atoms with van der Waals surface area (Å²) in [6.45, 7) is 0. The van der Waals surface area contributed by atoms with E-state index >= 15 is 0 Å². The van der Waals surface area contributed by atoms with E-state index in [2.05, 4.69) is 15.0 Å². The van der Waals surface area contributed by atoms with Gasteiger partial charge in [-0.3, -0.25) is 4.79 Å². The maximum absolute atomic E-state index is 11.0. The topological polar surface area (TPSA) is 54.1 Å². The standard InChI is InChI=1S/C10H5N3O/c14-9-4-1-6-7(13-9)2-3-8-10(6)12-5-11-8/h1-5H. The average molecular weight is 183 g/mol. The smallest absolute Gasteiger partial charge is 0.267 e. The first-order valence-electron chi connectivity index (χ1n) is 4.19. The van der Waals surface area contributed by atoms with Gasteiger partial charge in [-0.1, -0.05) is 0 Å². The Labute approximate surface area is 79.0 Å². The molecule has 0 saturated carbocycles. The lowest BCUT2D eigenvalue weighted by Crippen LogP contribution is -2.17. The van der Waals surface area contributed by atoms with Crippen molar-refractivity contribution in [2.45, 2.75) is 0 Å². The van der Waals surface area contributed by atoms with E-state index < -0.39 is 0 Å². The molecule has 0 bridgehead atoms. The predicted molar refractivity (Wildman–Crippen MR) is 50.9 cm³/mol. The molecule has 4 nitrogen and oxygen atoms in total. The summed E-state index contributed by atoms with van der Waals surface area (Å²) in [5.74, 6) is -0.226. The number of aliphatic imine (C=N–C) groups is 1. The first-order chi connectivity index (χ1) is 6.84. The third kappa shape index (κ3) is 0.877. The minimum absolute atomic E-state index is 0.226. The highest BCUT2D eigenvalue weighted by atomic mass is 16.1. The van der Waals surface area contributed by atoms with E-state index in [1.54, 1.807) is 12.1 Å². The molecule has 66 valence electrons. The summed E-state index contributed by atoms with van der Waals surface area (Å²) in [5.41, 5.74) is 1.68. The summed E-state index contributed by atoms with van der Waals surface area (Å²) in [4.78, 5) is 23.1. The zero-order chi connectivity index (χ0) is 9.54. The van der Waals surface area contributed by atoms with Crippen LogP contribution in [0.4, 0.5) is 5.69 Å². The van der Waals surface area contributed by atoms with Crippen LogP contribution in [0.1, 0.15) is 5.56 Å². The predicted octanol–water partition coefficient (Wildman–Crippen LogP) is 0.153. The van der Waals surface area contributed by atoms with Crippen LogP contribution < -0.4 is 10.7 Å². The van der Waals surface area contributed by atoms with Gasteiger partial charge in [0, 0.05) is 11.6 Å². The molecular formula is C10H5N3O. The minimum Gasteiger partial charge on any atom is -0.267 e. The molecule has 0 aliphatic carbocycles. The molecule has 1 aromatic rings. The zero-order valence-corrected chi connectivity index (χ0v) is 7.14. The Kier molecular flexibility index (Phi) is 1.28. The van der Waals surface area contributed by atoms with Gasteiger partial charge in [0.15, 0.2) is 0 Å². The number of hydrogen-bond donors (Lipinski definition) is 0. The zero-order valence-electron chi connectivity index (χ0n) is 7.14. The Morgan fingerprint density at radius 3 is 2.86 bits per heavy atom. The molecule has 2 aliphatic rings. The number of fused-ring (bicyclic) bond motifs is 3. The highest BCUT2D eigenvalue weighted by Crippen LogP contribution is 2.15. The van der Waals surface area contributed by atoms with Crippen molar-refractivity contribution in [3.05, 3.63) is 34.5 Å². The summed E-state index contributed by atoms with van der Waals surface area (Å²) < 4.78 is 0. The third-order valence-corrected chi connectivity index (χ3v) is 2.18. The summed E-state index contributed by atoms with van der Waals surface area (Å²) in [6.07, 6.45) is 4.69. The number of benzene rings is 1. The van der Waals surface area contributed by atoms with Crippen LogP contribution in [0.2, 0.25) is 0 Å². The van der Waals surface area contributed by atoms with E-state index in [1.807, 2.05) is 6.07 Å². The van der Waals surface area contributed by atoms with Crippen LogP contribution >= 0.6 is 0 Å². The van der Waals surface area contributed by atoms with Gasteiger partial charge >= 0.3 is 0 Å². The van der Waals surface area contributed by atoms with Gasteiger partial charge in [0.2, 0.25) is 0 Å². The highest BCUT2D eigenvalue weighted by molar-refractivity contribution is 5.95. The molecule has 0 unspecified atom stereocenters. The molecule has 0 atom stereocenters. The normalized spacial score (nSPS) is 15.9. The van der Waals surface area contributed by atoms with E-state index in [4.69, 9.17) is 0 Å². The largest absolute Gasteiger partial charge is 0.270 e. The van der Waals surface area contributed by atoms with E-state index in [9.17, 15) is 4.79 Å². The Bertz CT molecular complexity index is 611. The van der Waals surface area contributed by atoms with E-state index in [0.717, 1.165) is 16.6 Å². The van der Waals surface area contributed by atoms with Crippen LogP contribution in [0, 0.1) is 0 Å². The van der Waals surface area contributed by atoms with Gasteiger partial charge in [0.25, 0.3) is 5.91 Å². The first-order valence-corrected chi connectivity index (χ1v) is 4.19. The third-order valence-electron chi connectivity index (χ3n) is 2.18. The lowest BCUT2D eigenvalue weighted by Gasteiger charge is -2.01. The molecule has 0 fully saturated rings. The Balaban J connectivity index is 2.48. The second kappa shape index (κ2) is 2.45. The lowest BCUT2D eigenvalue weighted by atomic mass is 10.1. The monoisotopic (exact) mass is 183 g/mol. The van der Waals surface area contributed by atoms with Gasteiger partial charge in [-0.05, 0) is 18.2 Å². The molecule has 4 heteroatoms. The summed E-state index contributed by atoms with van der Waals surface area (Å²) >= 11 is 0. The average Bonchev–Trinajstić information content (AvgIpc) is 2.65. The fraction of sp³-hybridized carbons (Fsp3) is 0. The second-order valence-electron chi connectivity index (χ2n) is 3.02. The molecular weight excluding hydrogens is 178 g/mol. The molecule has 3 rings (SSSR count). The fourth-order valence-electron chi connectivity index (χ4n) is 1.55. The van der Waals surface area contributed by atoms with Gasteiger partial charge < -0.3 is 0 Å². The van der Waals surface area contributed by atoms with E-state index in [1.165, 1.54) is 12.4 Å². The number of nitrogens with zero attached hydrogens (tertiary/aromatic N) is 3. The van der Waals surface area contributed by atoms with Crippen LogP contribution in [0.25, 0.3) is 6.08 Å². The summed E-state index contributed by atoms with van der Waals surface area (Å²) in [5, 5.41) is 1.50. The first kappa shape index (κ1) is 7.32. The van der Waals surface area contributed by atoms with Crippen LogP contribution in [0.3, 0.4) is 0 Å². The van der Waals surface area contributed by atoms with Gasteiger partial charge in [-0.15, -0.1) is 0 Å². The minimum atomic E-state index is -0.226. The van der Waals surface area contributed by atoms with E-state index in [-0.39, 0.29) is 5.91 Å². The van der Waals surface area contributed by atoms with Crippen molar-refractivity contribution in [2.24, 2.45) is 15.0 Å². The van der Waals surface area contributed by atoms with Crippen molar-refractivity contribution in [3.63, 3.8) is 0 Å². The van der Waals surface area contributed by atoms with Crippen molar-refractivity contribution in [3.8, 4) is 0 Å². The molecule has 1 amide bonds. The van der Waals surface area contributed by atoms with E-state index in [0.29, 0.717) is 5.36 Å². The maximum atomic E-state index is 11.0. The highest BCUT2D eigenvalue weighted by Gasteiger charge is 2.10. The Morgan fingerprint density at radius 1 is 1.07 bits per heavy atom. The fourth-order valence-corrected chi connectivity index (χ4v) is 1.55. The lowest BCUT2D eigenvalue weighted by molar-refractivity contribution is -0.113. The number of carbonyl (C=O) groups is 1. The maximum Gasteiger partial charge on any atom is 0.270 e. The molecule has 14 heavy (non-hydrogen) atoms. The number of amides is 1. The molecule has 0 saturated heterocycles. The van der Waals surface area contributed by atoms with Gasteiger partial charge in [0.05, 0.1) is 16.4 Å². The van der Waals surface area contributed by atoms with Crippen molar-refractivity contribution < 1.29 is 4.79 Å². The number of carbonyl (C=O) groups excluding carboxylic acids is 1. The summed E-state index contributed by atoms with van der Waals surface area (Å²) in [7, 11) is 0. The SMILES string of the molecule is O=C1C=Cc2c3c(ccc2=N1)=NC=N3. The van der Waals surface area contributed by atoms with Crippen molar-refractivity contribution in [1.82, 2.24) is 0 Å². The van der Waals surface area contributed by atoms with Gasteiger partial charge in [0.1, 0.15) is 6.34 Å². The van der Waals surface area contributed by atoms with Crippen molar-refractivity contribution in [1.29, 1.82) is 0 Å². The number of rotatable bonds is 0.